The Kier molecular flexibility index (Phi) is 4.56. The second-order valence-corrected chi connectivity index (χ2v) is 6.05. The van der Waals surface area contributed by atoms with Crippen LogP contribution in [-0.4, -0.2) is 20.5 Å². The normalized spacial score (nSPS) is 15.0. The van der Waals surface area contributed by atoms with Crippen molar-refractivity contribution in [2.45, 2.75) is 32.6 Å². The minimum atomic E-state index is -0.197. The predicted octanol–water partition coefficient (Wildman–Crippen LogP) is 4.54. The lowest BCUT2D eigenvalue weighted by Crippen LogP contribution is -2.23. The highest BCUT2D eigenvalue weighted by molar-refractivity contribution is 5.57. The van der Waals surface area contributed by atoms with Gasteiger partial charge in [-0.25, -0.2) is 0 Å². The van der Waals surface area contributed by atoms with Crippen molar-refractivity contribution in [1.29, 1.82) is 0 Å². The summed E-state index contributed by atoms with van der Waals surface area (Å²) in [5.74, 6) is 3.21. The zero-order valence-electron chi connectivity index (χ0n) is 14.7. The van der Waals surface area contributed by atoms with Crippen LogP contribution in [-0.2, 0) is 5.41 Å². The van der Waals surface area contributed by atoms with Gasteiger partial charge in [-0.15, -0.1) is 0 Å². The third kappa shape index (κ3) is 2.77. The second-order valence-electron chi connectivity index (χ2n) is 6.05. The summed E-state index contributed by atoms with van der Waals surface area (Å²) in [7, 11) is 1.69. The van der Waals surface area contributed by atoms with E-state index in [0.29, 0.717) is 6.61 Å². The van der Waals surface area contributed by atoms with E-state index in [0.717, 1.165) is 35.0 Å². The van der Waals surface area contributed by atoms with Gasteiger partial charge in [-0.2, -0.15) is 0 Å². The highest BCUT2D eigenvalue weighted by atomic mass is 16.7. The molecule has 2 aromatic carbocycles. The highest BCUT2D eigenvalue weighted by Crippen LogP contribution is 2.46. The Hall–Kier alpha value is -2.36. The van der Waals surface area contributed by atoms with E-state index in [1.807, 2.05) is 31.2 Å². The molecule has 128 valence electrons. The lowest BCUT2D eigenvalue weighted by atomic mass is 9.73. The zero-order chi connectivity index (χ0) is 17.2. The fourth-order valence-corrected chi connectivity index (χ4v) is 3.16. The van der Waals surface area contributed by atoms with E-state index in [1.165, 1.54) is 5.56 Å². The van der Waals surface area contributed by atoms with Crippen molar-refractivity contribution in [3.05, 3.63) is 47.5 Å². The lowest BCUT2D eigenvalue weighted by Gasteiger charge is -2.31. The minimum absolute atomic E-state index is 0.197. The largest absolute Gasteiger partial charge is 0.496 e. The Bertz CT molecular complexity index is 708. The first kappa shape index (κ1) is 16.5. The van der Waals surface area contributed by atoms with Gasteiger partial charge in [0.25, 0.3) is 0 Å². The quantitative estimate of drug-likeness (QED) is 0.780. The fraction of sp³-hybridized carbons (Fsp3) is 0.400. The summed E-state index contributed by atoms with van der Waals surface area (Å²) in [6.45, 7) is 7.32. The number of fused-ring (bicyclic) bond motifs is 1. The Morgan fingerprint density at radius 1 is 1.04 bits per heavy atom. The molecule has 0 saturated carbocycles. The van der Waals surface area contributed by atoms with Crippen molar-refractivity contribution in [3.8, 4) is 23.0 Å². The maximum Gasteiger partial charge on any atom is 0.231 e. The van der Waals surface area contributed by atoms with Crippen LogP contribution in [0.15, 0.2) is 36.4 Å². The van der Waals surface area contributed by atoms with E-state index in [-0.39, 0.29) is 12.2 Å². The minimum Gasteiger partial charge on any atom is -0.496 e. The number of methoxy groups -OCH3 is 1. The van der Waals surface area contributed by atoms with Crippen LogP contribution in [0, 0.1) is 0 Å². The molecular weight excluding hydrogens is 304 g/mol. The summed E-state index contributed by atoms with van der Waals surface area (Å²) < 4.78 is 22.2. The summed E-state index contributed by atoms with van der Waals surface area (Å²) in [6.07, 6.45) is 0.928. The first-order valence-corrected chi connectivity index (χ1v) is 8.33. The first-order chi connectivity index (χ1) is 11.6. The summed E-state index contributed by atoms with van der Waals surface area (Å²) in [4.78, 5) is 0. The van der Waals surface area contributed by atoms with E-state index in [2.05, 4.69) is 26.0 Å². The Morgan fingerprint density at radius 3 is 2.29 bits per heavy atom. The summed E-state index contributed by atoms with van der Waals surface area (Å²) in [5.41, 5.74) is 2.11. The molecule has 1 aliphatic heterocycles. The third-order valence-corrected chi connectivity index (χ3v) is 4.80. The van der Waals surface area contributed by atoms with E-state index in [9.17, 15) is 0 Å². The van der Waals surface area contributed by atoms with E-state index in [1.54, 1.807) is 7.11 Å². The van der Waals surface area contributed by atoms with Crippen LogP contribution in [0.3, 0.4) is 0 Å². The maximum absolute atomic E-state index is 5.64. The van der Waals surface area contributed by atoms with Gasteiger partial charge in [0.1, 0.15) is 11.5 Å². The average molecular weight is 328 g/mol. The van der Waals surface area contributed by atoms with Gasteiger partial charge in [-0.1, -0.05) is 26.0 Å². The Morgan fingerprint density at radius 2 is 1.71 bits per heavy atom. The molecule has 0 radical (unpaired) electrons. The van der Waals surface area contributed by atoms with E-state index >= 15 is 0 Å². The van der Waals surface area contributed by atoms with Crippen LogP contribution in [0.4, 0.5) is 0 Å². The molecule has 3 rings (SSSR count). The van der Waals surface area contributed by atoms with Crippen molar-refractivity contribution in [2.75, 3.05) is 20.5 Å². The molecule has 0 aromatic heterocycles. The van der Waals surface area contributed by atoms with E-state index < -0.39 is 0 Å². The topological polar surface area (TPSA) is 36.9 Å². The molecule has 0 unspecified atom stereocenters. The molecular formula is C20H24O4. The van der Waals surface area contributed by atoms with Crippen LogP contribution in [0.1, 0.15) is 38.3 Å². The SMILES string of the molecule is CCOc1ccc([C@](C)(CC)c2cc3c(cc2OC)OCO3)cc1. The van der Waals surface area contributed by atoms with E-state index in [4.69, 9.17) is 18.9 Å². The molecule has 0 aliphatic carbocycles. The maximum atomic E-state index is 5.64. The number of hydrogen-bond acceptors (Lipinski definition) is 4. The van der Waals surface area contributed by atoms with Gasteiger partial charge < -0.3 is 18.9 Å². The van der Waals surface area contributed by atoms with Gasteiger partial charge in [0.2, 0.25) is 6.79 Å². The van der Waals surface area contributed by atoms with Crippen LogP contribution < -0.4 is 18.9 Å². The molecule has 1 heterocycles. The smallest absolute Gasteiger partial charge is 0.231 e. The van der Waals surface area contributed by atoms with Crippen LogP contribution in [0.2, 0.25) is 0 Å². The van der Waals surface area contributed by atoms with Crippen molar-refractivity contribution < 1.29 is 18.9 Å². The Labute approximate surface area is 143 Å². The third-order valence-electron chi connectivity index (χ3n) is 4.80. The van der Waals surface area contributed by atoms with Gasteiger partial charge >= 0.3 is 0 Å². The Balaban J connectivity index is 2.06. The molecule has 1 aliphatic rings. The highest BCUT2D eigenvalue weighted by Gasteiger charge is 2.32. The van der Waals surface area contributed by atoms with Crippen molar-refractivity contribution in [1.82, 2.24) is 0 Å². The van der Waals surface area contributed by atoms with Gasteiger partial charge in [-0.3, -0.25) is 0 Å². The molecule has 0 fully saturated rings. The van der Waals surface area contributed by atoms with Crippen LogP contribution >= 0.6 is 0 Å². The molecule has 0 N–H and O–H groups in total. The fourth-order valence-electron chi connectivity index (χ4n) is 3.16. The molecule has 0 spiro atoms. The summed E-state index contributed by atoms with van der Waals surface area (Å²) in [6, 6.07) is 12.2. The zero-order valence-corrected chi connectivity index (χ0v) is 14.7. The van der Waals surface area contributed by atoms with Crippen molar-refractivity contribution in [3.63, 3.8) is 0 Å². The molecule has 0 amide bonds. The monoisotopic (exact) mass is 328 g/mol. The molecule has 1 atom stereocenters. The molecule has 4 heteroatoms. The van der Waals surface area contributed by atoms with Crippen molar-refractivity contribution >= 4 is 0 Å². The number of ether oxygens (including phenoxy) is 4. The summed E-state index contributed by atoms with van der Waals surface area (Å²) in [5, 5.41) is 0. The molecule has 0 bridgehead atoms. The number of rotatable bonds is 6. The standard InChI is InChI=1S/C20H24O4/c1-5-20(3,14-7-9-15(10-8-14)22-6-2)16-11-18-19(24-13-23-18)12-17(16)21-4/h7-12H,5-6,13H2,1-4H3/t20-/m0/s1. The number of benzene rings is 2. The van der Waals surface area contributed by atoms with Gasteiger partial charge in [0.15, 0.2) is 11.5 Å². The average Bonchev–Trinajstić information content (AvgIpc) is 3.08. The number of hydrogen-bond donors (Lipinski definition) is 0. The summed E-state index contributed by atoms with van der Waals surface area (Å²) >= 11 is 0. The molecule has 24 heavy (non-hydrogen) atoms. The van der Waals surface area contributed by atoms with Gasteiger partial charge in [-0.05, 0) is 37.1 Å². The predicted molar refractivity (Wildman–Crippen MR) is 93.5 cm³/mol. The first-order valence-electron chi connectivity index (χ1n) is 8.33. The van der Waals surface area contributed by atoms with Gasteiger partial charge in [0, 0.05) is 17.0 Å². The van der Waals surface area contributed by atoms with Gasteiger partial charge in [0.05, 0.1) is 13.7 Å². The van der Waals surface area contributed by atoms with Crippen molar-refractivity contribution in [2.24, 2.45) is 0 Å². The second kappa shape index (κ2) is 6.63. The van der Waals surface area contributed by atoms with Crippen LogP contribution in [0.5, 0.6) is 23.0 Å². The molecule has 0 saturated heterocycles. The lowest BCUT2D eigenvalue weighted by molar-refractivity contribution is 0.174. The molecule has 2 aromatic rings. The van der Waals surface area contributed by atoms with Crippen LogP contribution in [0.25, 0.3) is 0 Å². The molecule has 4 nitrogen and oxygen atoms in total.